The molecule has 0 heterocycles. The summed E-state index contributed by atoms with van der Waals surface area (Å²) in [6, 6.07) is 7.58. The van der Waals surface area contributed by atoms with Crippen molar-refractivity contribution in [3.05, 3.63) is 29.8 Å². The first-order valence-corrected chi connectivity index (χ1v) is 6.07. The van der Waals surface area contributed by atoms with Gasteiger partial charge in [-0.2, -0.15) is 0 Å². The molecule has 0 atom stereocenters. The van der Waals surface area contributed by atoms with Gasteiger partial charge < -0.3 is 9.47 Å². The van der Waals surface area contributed by atoms with Gasteiger partial charge in [-0.25, -0.2) is 4.79 Å². The van der Waals surface area contributed by atoms with Crippen LogP contribution in [0.5, 0.6) is 5.75 Å². The van der Waals surface area contributed by atoms with Crippen LogP contribution in [0.4, 0.5) is 0 Å². The van der Waals surface area contributed by atoms with Gasteiger partial charge in [0.1, 0.15) is 12.4 Å². The zero-order valence-electron chi connectivity index (χ0n) is 10.3. The van der Waals surface area contributed by atoms with Gasteiger partial charge in [0.2, 0.25) is 0 Å². The van der Waals surface area contributed by atoms with Crippen molar-refractivity contribution >= 4 is 6.47 Å². The van der Waals surface area contributed by atoms with E-state index >= 15 is 0 Å². The van der Waals surface area contributed by atoms with E-state index in [0.29, 0.717) is 0 Å². The molecule has 0 saturated heterocycles. The van der Waals surface area contributed by atoms with Gasteiger partial charge >= 0.3 is 6.47 Å². The lowest BCUT2D eigenvalue weighted by Crippen LogP contribution is -1.98. The lowest BCUT2D eigenvalue weighted by molar-refractivity contribution is 0.265. The Labute approximate surface area is 103 Å². The van der Waals surface area contributed by atoms with E-state index in [4.69, 9.17) is 4.74 Å². The number of rotatable bonds is 9. The zero-order valence-corrected chi connectivity index (χ0v) is 10.3. The molecule has 1 aromatic carbocycles. The predicted octanol–water partition coefficient (Wildman–Crippen LogP) is 3.23. The van der Waals surface area contributed by atoms with Gasteiger partial charge in [-0.1, -0.05) is 38.3 Å². The number of hydrogen-bond acceptors (Lipinski definition) is 3. The van der Waals surface area contributed by atoms with Crippen LogP contribution in [-0.4, -0.2) is 13.1 Å². The maximum absolute atomic E-state index is 9.96. The van der Waals surface area contributed by atoms with E-state index < -0.39 is 0 Å². The third kappa shape index (κ3) is 5.95. The highest BCUT2D eigenvalue weighted by Crippen LogP contribution is 2.14. The number of ether oxygens (including phenoxy) is 2. The molecule has 0 fully saturated rings. The summed E-state index contributed by atoms with van der Waals surface area (Å²) >= 11 is 0. The molecule has 0 N–H and O–H groups in total. The highest BCUT2D eigenvalue weighted by Gasteiger charge is 1.97. The molecule has 0 spiro atoms. The van der Waals surface area contributed by atoms with E-state index in [0.717, 1.165) is 24.3 Å². The first-order valence-electron chi connectivity index (χ1n) is 6.07. The molecule has 1 radical (unpaired) electrons. The molecular weight excluding hydrogens is 216 g/mol. The van der Waals surface area contributed by atoms with Crippen LogP contribution in [0, 0.1) is 0 Å². The van der Waals surface area contributed by atoms with Crippen LogP contribution < -0.4 is 4.74 Å². The smallest absolute Gasteiger partial charge is 0.417 e. The minimum absolute atomic E-state index is 0.247. The second-order valence-electron chi connectivity index (χ2n) is 3.93. The SMILES string of the molecule is CCCCCCOc1cccc(CO[C]=O)c1. The Morgan fingerprint density at radius 2 is 2.12 bits per heavy atom. The van der Waals surface area contributed by atoms with Crippen molar-refractivity contribution in [3.8, 4) is 5.75 Å². The molecule has 17 heavy (non-hydrogen) atoms. The van der Waals surface area contributed by atoms with Gasteiger partial charge in [0.15, 0.2) is 0 Å². The maximum atomic E-state index is 9.96. The molecule has 3 heteroatoms. The number of carbonyl (C=O) groups excluding carboxylic acids is 1. The Balaban J connectivity index is 2.29. The molecule has 0 unspecified atom stereocenters. The predicted molar refractivity (Wildman–Crippen MR) is 66.6 cm³/mol. The number of benzene rings is 1. The van der Waals surface area contributed by atoms with Gasteiger partial charge in [0.25, 0.3) is 0 Å². The van der Waals surface area contributed by atoms with Crippen molar-refractivity contribution in [1.82, 2.24) is 0 Å². The summed E-state index contributed by atoms with van der Waals surface area (Å²) < 4.78 is 10.2. The molecule has 0 aliphatic heterocycles. The average Bonchev–Trinajstić information content (AvgIpc) is 2.37. The molecule has 3 nitrogen and oxygen atoms in total. The Kier molecular flexibility index (Phi) is 6.87. The first-order chi connectivity index (χ1) is 8.36. The first kappa shape index (κ1) is 13.6. The quantitative estimate of drug-likeness (QED) is 0.616. The van der Waals surface area contributed by atoms with Crippen molar-refractivity contribution in [1.29, 1.82) is 0 Å². The van der Waals surface area contributed by atoms with Crippen LogP contribution in [0.2, 0.25) is 0 Å². The van der Waals surface area contributed by atoms with E-state index in [9.17, 15) is 4.79 Å². The Morgan fingerprint density at radius 1 is 1.24 bits per heavy atom. The van der Waals surface area contributed by atoms with Crippen LogP contribution in [0.15, 0.2) is 24.3 Å². The summed E-state index contributed by atoms with van der Waals surface area (Å²) in [5, 5.41) is 0. The number of hydrogen-bond donors (Lipinski definition) is 0. The standard InChI is InChI=1S/C14H19O3/c1-2-3-4-5-9-17-14-8-6-7-13(10-14)11-16-12-15/h6-8,10H,2-5,9,11H2,1H3. The minimum atomic E-state index is 0.247. The van der Waals surface area contributed by atoms with Gasteiger partial charge in [-0.3, -0.25) is 0 Å². The lowest BCUT2D eigenvalue weighted by atomic mass is 10.2. The van der Waals surface area contributed by atoms with Crippen LogP contribution in [0.1, 0.15) is 38.2 Å². The highest BCUT2D eigenvalue weighted by atomic mass is 16.5. The molecule has 1 aromatic rings. The molecule has 0 aliphatic carbocycles. The summed E-state index contributed by atoms with van der Waals surface area (Å²) in [6.07, 6.45) is 4.78. The maximum Gasteiger partial charge on any atom is 0.417 e. The molecule has 1 rings (SSSR count). The second kappa shape index (κ2) is 8.62. The monoisotopic (exact) mass is 235 g/mol. The van der Waals surface area contributed by atoms with Crippen molar-refractivity contribution in [2.45, 2.75) is 39.2 Å². The average molecular weight is 235 g/mol. The minimum Gasteiger partial charge on any atom is -0.494 e. The van der Waals surface area contributed by atoms with Crippen LogP contribution in [0.25, 0.3) is 0 Å². The third-order valence-corrected chi connectivity index (χ3v) is 2.46. The van der Waals surface area contributed by atoms with E-state index in [2.05, 4.69) is 11.7 Å². The zero-order chi connectivity index (χ0) is 12.3. The summed E-state index contributed by atoms with van der Waals surface area (Å²) in [6.45, 7) is 4.59. The fourth-order valence-electron chi connectivity index (χ4n) is 1.56. The summed E-state index contributed by atoms with van der Waals surface area (Å²) in [5.41, 5.74) is 0.916. The lowest BCUT2D eigenvalue weighted by Gasteiger charge is -2.07. The Morgan fingerprint density at radius 3 is 2.88 bits per heavy atom. The van der Waals surface area contributed by atoms with Crippen LogP contribution in [-0.2, 0) is 16.1 Å². The van der Waals surface area contributed by atoms with E-state index in [1.54, 1.807) is 0 Å². The normalized spacial score (nSPS) is 9.94. The number of unbranched alkanes of at least 4 members (excludes halogenated alkanes) is 3. The molecule has 0 aromatic heterocycles. The fraction of sp³-hybridized carbons (Fsp3) is 0.500. The fourth-order valence-corrected chi connectivity index (χ4v) is 1.56. The largest absolute Gasteiger partial charge is 0.494 e. The third-order valence-electron chi connectivity index (χ3n) is 2.46. The Bertz CT molecular complexity index is 323. The molecular formula is C14H19O3. The van der Waals surface area contributed by atoms with Crippen LogP contribution in [0.3, 0.4) is 0 Å². The van der Waals surface area contributed by atoms with Gasteiger partial charge in [0.05, 0.1) is 6.61 Å². The highest BCUT2D eigenvalue weighted by molar-refractivity contribution is 5.39. The van der Waals surface area contributed by atoms with E-state index in [1.807, 2.05) is 24.3 Å². The molecule has 0 bridgehead atoms. The molecule has 0 aliphatic rings. The van der Waals surface area contributed by atoms with Gasteiger partial charge in [-0.05, 0) is 24.1 Å². The summed E-state index contributed by atoms with van der Waals surface area (Å²) in [4.78, 5) is 9.96. The van der Waals surface area contributed by atoms with E-state index in [-0.39, 0.29) is 6.61 Å². The van der Waals surface area contributed by atoms with Crippen molar-refractivity contribution < 1.29 is 14.3 Å². The topological polar surface area (TPSA) is 35.5 Å². The molecule has 93 valence electrons. The molecule has 0 amide bonds. The van der Waals surface area contributed by atoms with Crippen molar-refractivity contribution in [2.75, 3.05) is 6.61 Å². The van der Waals surface area contributed by atoms with Crippen molar-refractivity contribution in [2.24, 2.45) is 0 Å². The van der Waals surface area contributed by atoms with Crippen LogP contribution >= 0.6 is 0 Å². The summed E-state index contributed by atoms with van der Waals surface area (Å²) in [5.74, 6) is 0.827. The second-order valence-corrected chi connectivity index (χ2v) is 3.93. The Hall–Kier alpha value is -1.51. The summed E-state index contributed by atoms with van der Waals surface area (Å²) in [7, 11) is 0. The van der Waals surface area contributed by atoms with Crippen molar-refractivity contribution in [3.63, 3.8) is 0 Å². The van der Waals surface area contributed by atoms with Gasteiger partial charge in [0, 0.05) is 0 Å². The van der Waals surface area contributed by atoms with Gasteiger partial charge in [-0.15, -0.1) is 0 Å². The molecule has 0 saturated carbocycles. The van der Waals surface area contributed by atoms with E-state index in [1.165, 1.54) is 25.7 Å².